The molecule has 0 saturated heterocycles. The Kier molecular flexibility index (Phi) is 2.51. The summed E-state index contributed by atoms with van der Waals surface area (Å²) in [6, 6.07) is 3.51. The lowest BCUT2D eigenvalue weighted by Crippen LogP contribution is -2.28. The van der Waals surface area contributed by atoms with Gasteiger partial charge in [-0.05, 0) is 26.0 Å². The van der Waals surface area contributed by atoms with Crippen LogP contribution in [0, 0.1) is 0 Å². The lowest BCUT2D eigenvalue weighted by molar-refractivity contribution is -0.142. The van der Waals surface area contributed by atoms with Crippen LogP contribution < -0.4 is 0 Å². The van der Waals surface area contributed by atoms with Crippen molar-refractivity contribution in [3.8, 4) is 10.8 Å². The van der Waals surface area contributed by atoms with Gasteiger partial charge in [-0.1, -0.05) is 11.3 Å². The van der Waals surface area contributed by atoms with Crippen LogP contribution in [0.2, 0.25) is 0 Å². The summed E-state index contributed by atoms with van der Waals surface area (Å²) >= 11 is 1.23. The SMILES string of the molecule is CC(C)(C(=O)O)c1nnc(-c2ccco2)s1. The Labute approximate surface area is 95.7 Å². The Hall–Kier alpha value is -1.69. The molecule has 0 aliphatic carbocycles. The number of carboxylic acids is 1. The molecule has 6 heteroatoms. The molecule has 1 N–H and O–H groups in total. The van der Waals surface area contributed by atoms with Gasteiger partial charge in [0.1, 0.15) is 10.4 Å². The van der Waals surface area contributed by atoms with E-state index in [4.69, 9.17) is 9.52 Å². The summed E-state index contributed by atoms with van der Waals surface area (Å²) in [5.41, 5.74) is -1.03. The summed E-state index contributed by atoms with van der Waals surface area (Å²) < 4.78 is 5.17. The van der Waals surface area contributed by atoms with Gasteiger partial charge in [0, 0.05) is 0 Å². The van der Waals surface area contributed by atoms with E-state index in [1.807, 2.05) is 0 Å². The van der Waals surface area contributed by atoms with E-state index in [1.165, 1.54) is 11.3 Å². The first kappa shape index (κ1) is 10.8. The molecule has 16 heavy (non-hydrogen) atoms. The number of nitrogens with zero attached hydrogens (tertiary/aromatic N) is 2. The predicted molar refractivity (Wildman–Crippen MR) is 58.3 cm³/mol. The van der Waals surface area contributed by atoms with E-state index in [1.54, 1.807) is 32.2 Å². The van der Waals surface area contributed by atoms with Crippen LogP contribution in [0.4, 0.5) is 0 Å². The van der Waals surface area contributed by atoms with Crippen molar-refractivity contribution in [1.29, 1.82) is 0 Å². The first-order valence-electron chi connectivity index (χ1n) is 4.63. The van der Waals surface area contributed by atoms with Crippen molar-refractivity contribution < 1.29 is 14.3 Å². The molecule has 0 aliphatic rings. The van der Waals surface area contributed by atoms with E-state index in [2.05, 4.69) is 10.2 Å². The third-order valence-electron chi connectivity index (χ3n) is 2.23. The monoisotopic (exact) mass is 238 g/mol. The summed E-state index contributed by atoms with van der Waals surface area (Å²) in [4.78, 5) is 11.0. The number of carbonyl (C=O) groups is 1. The summed E-state index contributed by atoms with van der Waals surface area (Å²) in [5, 5.41) is 17.9. The number of hydrogen-bond acceptors (Lipinski definition) is 5. The number of carboxylic acid groups (broad SMARTS) is 1. The molecule has 0 bridgehead atoms. The van der Waals surface area contributed by atoms with Gasteiger partial charge in [-0.3, -0.25) is 4.79 Å². The lowest BCUT2D eigenvalue weighted by atomic mass is 9.95. The van der Waals surface area contributed by atoms with Gasteiger partial charge in [-0.2, -0.15) is 0 Å². The van der Waals surface area contributed by atoms with Gasteiger partial charge in [0.15, 0.2) is 10.8 Å². The van der Waals surface area contributed by atoms with Crippen LogP contribution >= 0.6 is 11.3 Å². The highest BCUT2D eigenvalue weighted by molar-refractivity contribution is 7.14. The van der Waals surface area contributed by atoms with Crippen LogP contribution in [0.1, 0.15) is 18.9 Å². The molecule has 0 radical (unpaired) electrons. The molecule has 0 atom stereocenters. The van der Waals surface area contributed by atoms with Crippen LogP contribution in [0.15, 0.2) is 22.8 Å². The topological polar surface area (TPSA) is 76.2 Å². The van der Waals surface area contributed by atoms with Crippen molar-refractivity contribution in [2.45, 2.75) is 19.3 Å². The molecule has 2 heterocycles. The van der Waals surface area contributed by atoms with Gasteiger partial charge in [0.25, 0.3) is 0 Å². The van der Waals surface area contributed by atoms with E-state index in [9.17, 15) is 4.79 Å². The van der Waals surface area contributed by atoms with Crippen molar-refractivity contribution >= 4 is 17.3 Å². The van der Waals surface area contributed by atoms with Crippen molar-refractivity contribution in [3.05, 3.63) is 23.4 Å². The summed E-state index contributed by atoms with van der Waals surface area (Å²) in [6.45, 7) is 3.20. The highest BCUT2D eigenvalue weighted by atomic mass is 32.1. The fourth-order valence-electron chi connectivity index (χ4n) is 1.07. The molecule has 84 valence electrons. The first-order chi connectivity index (χ1) is 7.51. The van der Waals surface area contributed by atoms with Gasteiger partial charge in [-0.25, -0.2) is 0 Å². The second-order valence-corrected chi connectivity index (χ2v) is 4.80. The van der Waals surface area contributed by atoms with Gasteiger partial charge < -0.3 is 9.52 Å². The fraction of sp³-hybridized carbons (Fsp3) is 0.300. The fourth-order valence-corrected chi connectivity index (χ4v) is 1.97. The minimum Gasteiger partial charge on any atom is -0.481 e. The third kappa shape index (κ3) is 1.71. The second kappa shape index (κ2) is 3.71. The number of aromatic nitrogens is 2. The van der Waals surface area contributed by atoms with Gasteiger partial charge in [-0.15, -0.1) is 10.2 Å². The van der Waals surface area contributed by atoms with Crippen molar-refractivity contribution in [2.75, 3.05) is 0 Å². The molecule has 2 aromatic heterocycles. The first-order valence-corrected chi connectivity index (χ1v) is 5.44. The van der Waals surface area contributed by atoms with Crippen LogP contribution in [0.5, 0.6) is 0 Å². The number of furan rings is 1. The zero-order valence-electron chi connectivity index (χ0n) is 8.80. The molecule has 0 fully saturated rings. The molecule has 5 nitrogen and oxygen atoms in total. The summed E-state index contributed by atoms with van der Waals surface area (Å²) in [6.07, 6.45) is 1.54. The van der Waals surface area contributed by atoms with Gasteiger partial charge in [0.2, 0.25) is 0 Å². The minimum absolute atomic E-state index is 0.464. The quantitative estimate of drug-likeness (QED) is 0.886. The molecule has 0 aromatic carbocycles. The second-order valence-electron chi connectivity index (χ2n) is 3.82. The number of hydrogen-bond donors (Lipinski definition) is 1. The molecular weight excluding hydrogens is 228 g/mol. The molecular formula is C10H10N2O3S. The van der Waals surface area contributed by atoms with E-state index < -0.39 is 11.4 Å². The van der Waals surface area contributed by atoms with E-state index >= 15 is 0 Å². The molecule has 0 saturated carbocycles. The standard InChI is InChI=1S/C10H10N2O3S/c1-10(2,9(13)14)8-12-11-7(16-8)6-4-3-5-15-6/h3-5H,1-2H3,(H,13,14). The lowest BCUT2D eigenvalue weighted by Gasteiger charge is -2.13. The summed E-state index contributed by atoms with van der Waals surface area (Å²) in [7, 11) is 0. The maximum atomic E-state index is 11.0. The molecule has 2 aromatic rings. The Morgan fingerprint density at radius 1 is 1.50 bits per heavy atom. The van der Waals surface area contributed by atoms with E-state index in [0.29, 0.717) is 15.8 Å². The molecule has 0 spiro atoms. The molecule has 0 aliphatic heterocycles. The maximum absolute atomic E-state index is 11.0. The Morgan fingerprint density at radius 2 is 2.25 bits per heavy atom. The van der Waals surface area contributed by atoms with Crippen LogP contribution in [0.25, 0.3) is 10.8 Å². The zero-order valence-corrected chi connectivity index (χ0v) is 9.61. The van der Waals surface area contributed by atoms with E-state index in [-0.39, 0.29) is 0 Å². The summed E-state index contributed by atoms with van der Waals surface area (Å²) in [5.74, 6) is -0.320. The molecule has 2 rings (SSSR count). The Morgan fingerprint density at radius 3 is 2.81 bits per heavy atom. The van der Waals surface area contributed by atoms with Crippen molar-refractivity contribution in [2.24, 2.45) is 0 Å². The minimum atomic E-state index is -1.03. The van der Waals surface area contributed by atoms with Gasteiger partial charge in [0.05, 0.1) is 6.26 Å². The molecule has 0 amide bonds. The highest BCUT2D eigenvalue weighted by Crippen LogP contribution is 2.31. The van der Waals surface area contributed by atoms with E-state index in [0.717, 1.165) is 0 Å². The molecule has 0 unspecified atom stereocenters. The predicted octanol–water partition coefficient (Wildman–Crippen LogP) is 2.16. The van der Waals surface area contributed by atoms with Crippen LogP contribution in [0.3, 0.4) is 0 Å². The maximum Gasteiger partial charge on any atom is 0.316 e. The zero-order chi connectivity index (χ0) is 11.8. The van der Waals surface area contributed by atoms with Crippen molar-refractivity contribution in [3.63, 3.8) is 0 Å². The Bertz CT molecular complexity index is 502. The number of rotatable bonds is 3. The smallest absolute Gasteiger partial charge is 0.316 e. The number of aliphatic carboxylic acids is 1. The average molecular weight is 238 g/mol. The largest absolute Gasteiger partial charge is 0.481 e. The van der Waals surface area contributed by atoms with Crippen LogP contribution in [-0.2, 0) is 10.2 Å². The normalized spacial score (nSPS) is 11.6. The Balaban J connectivity index is 2.37. The third-order valence-corrected chi connectivity index (χ3v) is 3.49. The van der Waals surface area contributed by atoms with Crippen molar-refractivity contribution in [1.82, 2.24) is 10.2 Å². The average Bonchev–Trinajstić information content (AvgIpc) is 2.88. The van der Waals surface area contributed by atoms with Crippen LogP contribution in [-0.4, -0.2) is 21.3 Å². The van der Waals surface area contributed by atoms with Gasteiger partial charge >= 0.3 is 5.97 Å². The highest BCUT2D eigenvalue weighted by Gasteiger charge is 2.33.